The first-order chi connectivity index (χ1) is 15.5. The van der Waals surface area contributed by atoms with Crippen molar-refractivity contribution in [2.45, 2.75) is 36.5 Å². The van der Waals surface area contributed by atoms with E-state index in [9.17, 15) is 21.6 Å². The minimum atomic E-state index is -3.86. The van der Waals surface area contributed by atoms with E-state index in [1.807, 2.05) is 0 Å². The van der Waals surface area contributed by atoms with Gasteiger partial charge in [-0.2, -0.15) is 4.31 Å². The zero-order valence-corrected chi connectivity index (χ0v) is 20.7. The lowest BCUT2D eigenvalue weighted by Crippen LogP contribution is -2.43. The first-order valence-electron chi connectivity index (χ1n) is 10.5. The van der Waals surface area contributed by atoms with Crippen molar-refractivity contribution in [1.82, 2.24) is 9.03 Å². The molecule has 9 nitrogen and oxygen atoms in total. The Hall–Kier alpha value is -2.47. The highest BCUT2D eigenvalue weighted by atomic mass is 32.2. The second kappa shape index (κ2) is 9.80. The minimum Gasteiger partial charge on any atom is -0.495 e. The lowest BCUT2D eigenvalue weighted by molar-refractivity contribution is -0.120. The van der Waals surface area contributed by atoms with Gasteiger partial charge in [0.05, 0.1) is 17.9 Å². The maximum atomic E-state index is 13.3. The van der Waals surface area contributed by atoms with Crippen molar-refractivity contribution in [3.8, 4) is 5.75 Å². The van der Waals surface area contributed by atoms with E-state index in [-0.39, 0.29) is 28.0 Å². The van der Waals surface area contributed by atoms with Crippen LogP contribution in [-0.2, 0) is 24.8 Å². The number of benzene rings is 2. The molecule has 33 heavy (non-hydrogen) atoms. The van der Waals surface area contributed by atoms with Gasteiger partial charge in [-0.25, -0.2) is 21.6 Å². The van der Waals surface area contributed by atoms with Crippen LogP contribution in [0.15, 0.2) is 46.2 Å². The number of piperidine rings is 1. The number of hydrogen-bond acceptors (Lipinski definition) is 6. The van der Waals surface area contributed by atoms with Crippen LogP contribution in [-0.4, -0.2) is 54.3 Å². The third-order valence-corrected chi connectivity index (χ3v) is 9.04. The summed E-state index contributed by atoms with van der Waals surface area (Å²) in [6.45, 7) is 3.89. The van der Waals surface area contributed by atoms with Crippen LogP contribution >= 0.6 is 0 Å². The fourth-order valence-electron chi connectivity index (χ4n) is 3.75. The topological polar surface area (TPSA) is 122 Å². The number of ether oxygens (including phenoxy) is 1. The van der Waals surface area contributed by atoms with Crippen molar-refractivity contribution in [2.75, 3.05) is 32.6 Å². The van der Waals surface area contributed by atoms with Crippen LogP contribution in [0.4, 0.5) is 5.69 Å². The summed E-state index contributed by atoms with van der Waals surface area (Å²) >= 11 is 0. The van der Waals surface area contributed by atoms with Crippen LogP contribution in [0.1, 0.15) is 24.0 Å². The van der Waals surface area contributed by atoms with Crippen LogP contribution in [0.5, 0.6) is 5.75 Å². The Balaban J connectivity index is 1.82. The van der Waals surface area contributed by atoms with Gasteiger partial charge in [0.25, 0.3) is 0 Å². The van der Waals surface area contributed by atoms with E-state index in [0.29, 0.717) is 30.6 Å². The highest BCUT2D eigenvalue weighted by Gasteiger charge is 2.35. The zero-order chi connectivity index (χ0) is 24.4. The molecule has 2 aromatic carbocycles. The van der Waals surface area contributed by atoms with Crippen molar-refractivity contribution in [1.29, 1.82) is 0 Å². The van der Waals surface area contributed by atoms with Gasteiger partial charge in [-0.05, 0) is 69.1 Å². The smallest absolute Gasteiger partial charge is 0.246 e. The van der Waals surface area contributed by atoms with Crippen LogP contribution in [0.25, 0.3) is 0 Å². The number of nitrogens with zero attached hydrogens (tertiary/aromatic N) is 1. The maximum Gasteiger partial charge on any atom is 0.246 e. The van der Waals surface area contributed by atoms with E-state index in [1.54, 1.807) is 38.1 Å². The molecule has 2 aromatic rings. The van der Waals surface area contributed by atoms with Gasteiger partial charge in [0.2, 0.25) is 26.0 Å². The molecular weight excluding hydrogens is 466 g/mol. The highest BCUT2D eigenvalue weighted by Crippen LogP contribution is 2.31. The maximum absolute atomic E-state index is 13.3. The van der Waals surface area contributed by atoms with Gasteiger partial charge in [0.15, 0.2) is 0 Å². The standard InChI is InChI=1S/C22H29N3O6S2/c1-15-7-10-20(31-4)21(12-15)33(29,30)25-11-5-6-17(14-25)22(26)24-19-13-18(9-8-16(19)2)32(27,28)23-3/h7-10,12-13,17,23H,5-6,11,14H2,1-4H3,(H,24,26)/t17-/m0/s1. The number of sulfonamides is 2. The van der Waals surface area contributed by atoms with Crippen molar-refractivity contribution in [3.63, 3.8) is 0 Å². The number of carbonyl (C=O) groups excluding carboxylic acids is 1. The first kappa shape index (κ1) is 25.2. The van der Waals surface area contributed by atoms with E-state index in [4.69, 9.17) is 4.74 Å². The van der Waals surface area contributed by atoms with Gasteiger partial charge in [-0.3, -0.25) is 4.79 Å². The van der Waals surface area contributed by atoms with Crippen LogP contribution in [0.3, 0.4) is 0 Å². The second-order valence-electron chi connectivity index (χ2n) is 8.03. The largest absolute Gasteiger partial charge is 0.495 e. The number of nitrogens with one attached hydrogen (secondary N) is 2. The summed E-state index contributed by atoms with van der Waals surface area (Å²) in [5, 5.41) is 2.78. The number of amides is 1. The summed E-state index contributed by atoms with van der Waals surface area (Å²) in [4.78, 5) is 13.1. The number of methoxy groups -OCH3 is 1. The van der Waals surface area contributed by atoms with Crippen LogP contribution in [0.2, 0.25) is 0 Å². The Morgan fingerprint density at radius 3 is 2.48 bits per heavy atom. The van der Waals surface area contributed by atoms with Crippen molar-refractivity contribution in [3.05, 3.63) is 47.5 Å². The molecule has 2 N–H and O–H groups in total. The van der Waals surface area contributed by atoms with E-state index >= 15 is 0 Å². The molecule has 1 aliphatic rings. The summed E-state index contributed by atoms with van der Waals surface area (Å²) in [6, 6.07) is 9.42. The molecule has 1 aliphatic heterocycles. The molecule has 0 aliphatic carbocycles. The Labute approximate surface area is 195 Å². The molecule has 0 saturated carbocycles. The van der Waals surface area contributed by atoms with Gasteiger partial charge in [0, 0.05) is 18.8 Å². The van der Waals surface area contributed by atoms with Gasteiger partial charge in [-0.15, -0.1) is 0 Å². The monoisotopic (exact) mass is 495 g/mol. The van der Waals surface area contributed by atoms with E-state index in [1.165, 1.54) is 30.6 Å². The van der Waals surface area contributed by atoms with Crippen molar-refractivity contribution < 1.29 is 26.4 Å². The zero-order valence-electron chi connectivity index (χ0n) is 19.1. The van der Waals surface area contributed by atoms with Gasteiger partial charge in [-0.1, -0.05) is 12.1 Å². The predicted molar refractivity (Wildman–Crippen MR) is 125 cm³/mol. The number of anilines is 1. The van der Waals surface area contributed by atoms with Crippen LogP contribution < -0.4 is 14.8 Å². The summed E-state index contributed by atoms with van der Waals surface area (Å²) < 4.78 is 59.7. The molecule has 0 bridgehead atoms. The number of carbonyl (C=O) groups is 1. The molecule has 1 atom stereocenters. The minimum absolute atomic E-state index is 0.0266. The Morgan fingerprint density at radius 1 is 1.09 bits per heavy atom. The molecule has 1 amide bonds. The average Bonchev–Trinajstić information content (AvgIpc) is 2.80. The lowest BCUT2D eigenvalue weighted by Gasteiger charge is -2.31. The molecule has 0 aromatic heterocycles. The Bertz CT molecular complexity index is 1260. The molecule has 11 heteroatoms. The summed E-state index contributed by atoms with van der Waals surface area (Å²) in [5.41, 5.74) is 1.85. The molecule has 0 unspecified atom stereocenters. The summed E-state index contributed by atoms with van der Waals surface area (Å²) in [7, 11) is -4.80. The third kappa shape index (κ3) is 5.37. The van der Waals surface area contributed by atoms with Crippen molar-refractivity contribution >= 4 is 31.6 Å². The lowest BCUT2D eigenvalue weighted by atomic mass is 9.98. The molecular formula is C22H29N3O6S2. The number of rotatable bonds is 7. The first-order valence-corrected chi connectivity index (χ1v) is 13.4. The number of hydrogen-bond donors (Lipinski definition) is 2. The van der Waals surface area contributed by atoms with Crippen LogP contribution in [0, 0.1) is 19.8 Å². The quantitative estimate of drug-likeness (QED) is 0.608. The van der Waals surface area contributed by atoms with E-state index in [2.05, 4.69) is 10.0 Å². The third-order valence-electron chi connectivity index (χ3n) is 5.74. The SMILES string of the molecule is CNS(=O)(=O)c1ccc(C)c(NC(=O)[C@H]2CCCN(S(=O)(=O)c3cc(C)ccc3OC)C2)c1. The predicted octanol–water partition coefficient (Wildman–Crippen LogP) is 2.26. The highest BCUT2D eigenvalue weighted by molar-refractivity contribution is 7.89. The van der Waals surface area contributed by atoms with Gasteiger partial charge < -0.3 is 10.1 Å². The van der Waals surface area contributed by atoms with Crippen molar-refractivity contribution in [2.24, 2.45) is 5.92 Å². The number of aryl methyl sites for hydroxylation is 2. The van der Waals surface area contributed by atoms with E-state index < -0.39 is 26.0 Å². The normalized spacial score (nSPS) is 17.5. The summed E-state index contributed by atoms with van der Waals surface area (Å²) in [6.07, 6.45) is 1.05. The summed E-state index contributed by atoms with van der Waals surface area (Å²) in [5.74, 6) is -0.674. The second-order valence-corrected chi connectivity index (χ2v) is 11.8. The fourth-order valence-corrected chi connectivity index (χ4v) is 6.28. The fraction of sp³-hybridized carbons (Fsp3) is 0.409. The van der Waals surface area contributed by atoms with Gasteiger partial charge >= 0.3 is 0 Å². The Morgan fingerprint density at radius 2 is 1.82 bits per heavy atom. The molecule has 180 valence electrons. The molecule has 0 radical (unpaired) electrons. The van der Waals surface area contributed by atoms with E-state index in [0.717, 1.165) is 5.56 Å². The average molecular weight is 496 g/mol. The molecule has 3 rings (SSSR count). The Kier molecular flexibility index (Phi) is 7.47. The van der Waals surface area contributed by atoms with Gasteiger partial charge in [0.1, 0.15) is 10.6 Å². The molecule has 0 spiro atoms. The molecule has 1 heterocycles. The molecule has 1 fully saturated rings. The molecule has 1 saturated heterocycles.